The minimum absolute atomic E-state index is 0.173. The third-order valence-electron chi connectivity index (χ3n) is 16.3. The van der Waals surface area contributed by atoms with Crippen LogP contribution in [0.25, 0.3) is 110 Å². The molecule has 0 saturated carbocycles. The monoisotopic (exact) mass is 844 g/mol. The van der Waals surface area contributed by atoms with E-state index >= 15 is 0 Å². The predicted octanol–water partition coefficient (Wildman–Crippen LogP) is 17.8. The SMILES string of the molecule is CC1(C)c2cc3c(cc2-c2cc4c(cc21)-c1c(cc(-c2cccc5c2oc2c(-c6ccccc6)cccc25)c2ccccc12)C4(C)C)C(C)(C)c1cc(-c2ccccc2)c2ccccc2c1-3. The highest BCUT2D eigenvalue weighted by molar-refractivity contribution is 6.17. The van der Waals surface area contributed by atoms with Crippen LogP contribution in [0.5, 0.6) is 0 Å². The third kappa shape index (κ3) is 4.80. The summed E-state index contributed by atoms with van der Waals surface area (Å²) in [4.78, 5) is 0. The van der Waals surface area contributed by atoms with Crippen molar-refractivity contribution in [2.75, 3.05) is 0 Å². The molecular formula is C65H48O. The number of rotatable bonds is 3. The van der Waals surface area contributed by atoms with E-state index in [1.54, 1.807) is 0 Å². The average Bonchev–Trinajstić information content (AvgIpc) is 3.98. The zero-order valence-corrected chi connectivity index (χ0v) is 38.2. The number of hydrogen-bond donors (Lipinski definition) is 0. The molecule has 1 heterocycles. The molecule has 0 aliphatic heterocycles. The van der Waals surface area contributed by atoms with Gasteiger partial charge in [-0.3, -0.25) is 0 Å². The summed E-state index contributed by atoms with van der Waals surface area (Å²) in [7, 11) is 0. The Morgan fingerprint density at radius 1 is 0.258 bits per heavy atom. The van der Waals surface area contributed by atoms with Crippen molar-refractivity contribution in [2.45, 2.75) is 57.8 Å². The van der Waals surface area contributed by atoms with E-state index < -0.39 is 0 Å². The van der Waals surface area contributed by atoms with Gasteiger partial charge in [-0.05, 0) is 147 Å². The molecule has 0 atom stereocenters. The Morgan fingerprint density at radius 3 is 1.14 bits per heavy atom. The molecule has 10 aromatic carbocycles. The molecule has 314 valence electrons. The lowest BCUT2D eigenvalue weighted by molar-refractivity contribution is 0.649. The molecule has 11 aromatic rings. The fraction of sp³-hybridized carbons (Fsp3) is 0.138. The Hall–Kier alpha value is -7.48. The summed E-state index contributed by atoms with van der Waals surface area (Å²) in [5, 5.41) is 7.49. The van der Waals surface area contributed by atoms with Gasteiger partial charge in [0.25, 0.3) is 0 Å². The number of para-hydroxylation sites is 2. The van der Waals surface area contributed by atoms with Crippen molar-refractivity contribution in [3.05, 3.63) is 215 Å². The van der Waals surface area contributed by atoms with Crippen LogP contribution in [0, 0.1) is 0 Å². The quantitative estimate of drug-likeness (QED) is 0.173. The van der Waals surface area contributed by atoms with Crippen LogP contribution in [-0.2, 0) is 16.2 Å². The van der Waals surface area contributed by atoms with Crippen LogP contribution >= 0.6 is 0 Å². The zero-order chi connectivity index (χ0) is 44.4. The molecule has 0 unspecified atom stereocenters. The topological polar surface area (TPSA) is 13.1 Å². The van der Waals surface area contributed by atoms with Crippen molar-refractivity contribution in [3.63, 3.8) is 0 Å². The van der Waals surface area contributed by atoms with Crippen LogP contribution in [-0.4, -0.2) is 0 Å². The largest absolute Gasteiger partial charge is 0.455 e. The van der Waals surface area contributed by atoms with Gasteiger partial charge >= 0.3 is 0 Å². The van der Waals surface area contributed by atoms with E-state index in [2.05, 4.69) is 224 Å². The van der Waals surface area contributed by atoms with Crippen LogP contribution in [0.4, 0.5) is 0 Å². The fourth-order valence-electron chi connectivity index (χ4n) is 12.8. The smallest absolute Gasteiger partial charge is 0.143 e. The second kappa shape index (κ2) is 12.9. The van der Waals surface area contributed by atoms with Crippen molar-refractivity contribution < 1.29 is 4.42 Å². The number of benzene rings is 10. The van der Waals surface area contributed by atoms with Gasteiger partial charge < -0.3 is 4.42 Å². The lowest BCUT2D eigenvalue weighted by Gasteiger charge is -2.25. The van der Waals surface area contributed by atoms with Gasteiger partial charge in [-0.1, -0.05) is 187 Å². The highest BCUT2D eigenvalue weighted by atomic mass is 16.3. The molecule has 3 aliphatic carbocycles. The Morgan fingerprint density at radius 2 is 0.606 bits per heavy atom. The molecule has 1 heteroatoms. The Kier molecular flexibility index (Phi) is 7.38. The predicted molar refractivity (Wildman–Crippen MR) is 278 cm³/mol. The van der Waals surface area contributed by atoms with E-state index in [9.17, 15) is 0 Å². The molecule has 14 rings (SSSR count). The summed E-state index contributed by atoms with van der Waals surface area (Å²) in [5.74, 6) is 0. The first-order valence-corrected chi connectivity index (χ1v) is 23.6. The van der Waals surface area contributed by atoms with Crippen LogP contribution in [0.2, 0.25) is 0 Å². The minimum atomic E-state index is -0.243. The molecule has 1 aromatic heterocycles. The van der Waals surface area contributed by atoms with Gasteiger partial charge in [-0.15, -0.1) is 0 Å². The van der Waals surface area contributed by atoms with E-state index in [1.165, 1.54) is 105 Å². The molecular weight excluding hydrogens is 797 g/mol. The summed E-state index contributed by atoms with van der Waals surface area (Å²) in [6.07, 6.45) is 0. The minimum Gasteiger partial charge on any atom is -0.455 e. The molecule has 0 radical (unpaired) electrons. The van der Waals surface area contributed by atoms with E-state index in [0.717, 1.165) is 38.6 Å². The summed E-state index contributed by atoms with van der Waals surface area (Å²) < 4.78 is 7.03. The average molecular weight is 845 g/mol. The molecule has 0 N–H and O–H groups in total. The Balaban J connectivity index is 0.950. The molecule has 66 heavy (non-hydrogen) atoms. The highest BCUT2D eigenvalue weighted by Gasteiger charge is 2.45. The highest BCUT2D eigenvalue weighted by Crippen LogP contribution is 2.61. The molecule has 1 nitrogen and oxygen atoms in total. The second-order valence-electron chi connectivity index (χ2n) is 20.7. The van der Waals surface area contributed by atoms with E-state index in [4.69, 9.17) is 4.42 Å². The van der Waals surface area contributed by atoms with Crippen LogP contribution in [0.1, 0.15) is 74.9 Å². The molecule has 0 bridgehead atoms. The zero-order valence-electron chi connectivity index (χ0n) is 38.2. The summed E-state index contributed by atoms with van der Waals surface area (Å²) >= 11 is 0. The maximum absolute atomic E-state index is 7.03. The summed E-state index contributed by atoms with van der Waals surface area (Å²) in [6, 6.07) is 68.2. The molecule has 0 fully saturated rings. The summed E-state index contributed by atoms with van der Waals surface area (Å²) in [5.41, 5.74) is 25.2. The number of hydrogen-bond acceptors (Lipinski definition) is 1. The van der Waals surface area contributed by atoms with E-state index in [-0.39, 0.29) is 16.2 Å². The molecule has 0 spiro atoms. The fourth-order valence-corrected chi connectivity index (χ4v) is 12.8. The van der Waals surface area contributed by atoms with Gasteiger partial charge in [-0.25, -0.2) is 0 Å². The van der Waals surface area contributed by atoms with Gasteiger partial charge in [0, 0.05) is 38.1 Å². The van der Waals surface area contributed by atoms with E-state index in [0.29, 0.717) is 0 Å². The first kappa shape index (κ1) is 37.9. The first-order chi connectivity index (χ1) is 32.0. The lowest BCUT2D eigenvalue weighted by Crippen LogP contribution is -2.17. The number of furan rings is 1. The normalized spacial score (nSPS) is 15.5. The van der Waals surface area contributed by atoms with Gasteiger partial charge in [0.15, 0.2) is 0 Å². The van der Waals surface area contributed by atoms with Gasteiger partial charge in [0.1, 0.15) is 11.2 Å². The van der Waals surface area contributed by atoms with Crippen LogP contribution in [0.3, 0.4) is 0 Å². The van der Waals surface area contributed by atoms with E-state index in [1.807, 2.05) is 0 Å². The van der Waals surface area contributed by atoms with Crippen molar-refractivity contribution >= 4 is 43.5 Å². The van der Waals surface area contributed by atoms with Gasteiger partial charge in [0.2, 0.25) is 0 Å². The maximum atomic E-state index is 7.03. The van der Waals surface area contributed by atoms with Crippen LogP contribution < -0.4 is 0 Å². The van der Waals surface area contributed by atoms with Crippen LogP contribution in [0.15, 0.2) is 186 Å². The lowest BCUT2D eigenvalue weighted by atomic mass is 9.78. The van der Waals surface area contributed by atoms with Gasteiger partial charge in [0.05, 0.1) is 0 Å². The molecule has 0 saturated heterocycles. The number of fused-ring (bicyclic) bond motifs is 16. The van der Waals surface area contributed by atoms with Crippen molar-refractivity contribution in [3.8, 4) is 66.8 Å². The standard InChI is InChI=1S/C65H48O/c1-63(2)53-35-51-55(64(3,4)57-31-47(38-21-11-8-12-22-38)40-23-13-15-25-42(40)59(51)57)33-49(53)50-34-56-52(36-54(50)63)60-43-26-16-14-24-41(43)48(32-58(60)65(56,5)6)46-30-18-29-45-44-28-17-27-39(61(44)66-62(45)46)37-19-9-7-10-20-37/h7-36H,1-6H3. The molecule has 3 aliphatic rings. The molecule has 0 amide bonds. The van der Waals surface area contributed by atoms with Gasteiger partial charge in [-0.2, -0.15) is 0 Å². The second-order valence-corrected chi connectivity index (χ2v) is 20.7. The Labute approximate surface area is 386 Å². The van der Waals surface area contributed by atoms with Crippen molar-refractivity contribution in [1.82, 2.24) is 0 Å². The first-order valence-electron chi connectivity index (χ1n) is 23.6. The Bertz CT molecular complexity index is 3930. The maximum Gasteiger partial charge on any atom is 0.143 e. The summed E-state index contributed by atoms with van der Waals surface area (Å²) in [6.45, 7) is 14.7. The van der Waals surface area contributed by atoms with Crippen molar-refractivity contribution in [1.29, 1.82) is 0 Å². The third-order valence-corrected chi connectivity index (χ3v) is 16.3. The van der Waals surface area contributed by atoms with Crippen molar-refractivity contribution in [2.24, 2.45) is 0 Å².